The minimum atomic E-state index is 0.239. The van der Waals surface area contributed by atoms with E-state index in [-0.39, 0.29) is 5.41 Å². The molecular formula is C8H14N2. The first kappa shape index (κ1) is 7.45. The largest absolute Gasteiger partial charge is 0.185 e. The summed E-state index contributed by atoms with van der Waals surface area (Å²) in [6.07, 6.45) is 0.934. The fraction of sp³-hybridized carbons (Fsp3) is 0.750. The van der Waals surface area contributed by atoms with Crippen LogP contribution in [0.15, 0.2) is 22.5 Å². The zero-order valence-corrected chi connectivity index (χ0v) is 6.89. The molecule has 0 saturated heterocycles. The van der Waals surface area contributed by atoms with Crippen LogP contribution in [0.1, 0.15) is 27.2 Å². The lowest BCUT2D eigenvalue weighted by Gasteiger charge is -2.22. The second kappa shape index (κ2) is 2.19. The summed E-state index contributed by atoms with van der Waals surface area (Å²) in [7, 11) is 0. The molecule has 0 N–H and O–H groups in total. The molecule has 0 aromatic heterocycles. The predicted molar refractivity (Wildman–Crippen MR) is 41.9 cm³/mol. The van der Waals surface area contributed by atoms with Crippen molar-refractivity contribution in [3.05, 3.63) is 12.3 Å². The summed E-state index contributed by atoms with van der Waals surface area (Å²) in [6.45, 7) is 10.3. The van der Waals surface area contributed by atoms with Gasteiger partial charge in [-0.15, -0.1) is 0 Å². The van der Waals surface area contributed by atoms with Gasteiger partial charge in [-0.2, -0.15) is 10.2 Å². The second-order valence-electron chi connectivity index (χ2n) is 3.87. The van der Waals surface area contributed by atoms with Gasteiger partial charge in [0.1, 0.15) is 0 Å². The molecule has 0 saturated carbocycles. The van der Waals surface area contributed by atoms with Crippen LogP contribution in [-0.2, 0) is 0 Å². The average Bonchev–Trinajstić information content (AvgIpc) is 2.11. The zero-order valence-electron chi connectivity index (χ0n) is 6.89. The van der Waals surface area contributed by atoms with Gasteiger partial charge in [0.2, 0.25) is 0 Å². The fourth-order valence-corrected chi connectivity index (χ4v) is 0.936. The van der Waals surface area contributed by atoms with Crippen LogP contribution in [0.4, 0.5) is 0 Å². The third kappa shape index (κ3) is 1.43. The van der Waals surface area contributed by atoms with Gasteiger partial charge in [-0.3, -0.25) is 0 Å². The van der Waals surface area contributed by atoms with Crippen molar-refractivity contribution in [2.75, 3.05) is 0 Å². The molecule has 0 amide bonds. The predicted octanol–water partition coefficient (Wildman–Crippen LogP) is 2.77. The smallest absolute Gasteiger partial charge is 0.0816 e. The molecule has 0 bridgehead atoms. The third-order valence-corrected chi connectivity index (χ3v) is 1.77. The van der Waals surface area contributed by atoms with E-state index in [1.54, 1.807) is 0 Å². The summed E-state index contributed by atoms with van der Waals surface area (Å²) in [6, 6.07) is 0.347. The minimum Gasteiger partial charge on any atom is -0.185 e. The molecular weight excluding hydrogens is 124 g/mol. The van der Waals surface area contributed by atoms with Crippen LogP contribution < -0.4 is 0 Å². The topological polar surface area (TPSA) is 24.7 Å². The standard InChI is InChI=1S/C8H14N2/c1-6-5-7(10-9-6)8(2,3)4/h7H,1,5H2,2-4H3. The number of azo groups is 1. The molecule has 1 atom stereocenters. The van der Waals surface area contributed by atoms with E-state index in [1.807, 2.05) is 0 Å². The van der Waals surface area contributed by atoms with E-state index in [0.29, 0.717) is 6.04 Å². The van der Waals surface area contributed by atoms with Crippen molar-refractivity contribution in [3.63, 3.8) is 0 Å². The number of nitrogens with zero attached hydrogens (tertiary/aromatic N) is 2. The molecule has 2 nitrogen and oxygen atoms in total. The molecule has 10 heavy (non-hydrogen) atoms. The Bertz CT molecular complexity index is 174. The first-order valence-electron chi connectivity index (χ1n) is 3.59. The molecule has 1 unspecified atom stereocenters. The molecule has 0 aliphatic carbocycles. The summed E-state index contributed by atoms with van der Waals surface area (Å²) >= 11 is 0. The van der Waals surface area contributed by atoms with Crippen molar-refractivity contribution in [3.8, 4) is 0 Å². The quantitative estimate of drug-likeness (QED) is 0.491. The van der Waals surface area contributed by atoms with Gasteiger partial charge in [0.05, 0.1) is 11.7 Å². The van der Waals surface area contributed by atoms with Crippen LogP contribution in [0, 0.1) is 5.41 Å². The Labute approximate surface area is 62.0 Å². The Morgan fingerprint density at radius 2 is 2.10 bits per heavy atom. The summed E-state index contributed by atoms with van der Waals surface area (Å²) in [5, 5.41) is 8.03. The zero-order chi connectivity index (χ0) is 7.78. The lowest BCUT2D eigenvalue weighted by molar-refractivity contribution is 0.327. The molecule has 56 valence electrons. The van der Waals surface area contributed by atoms with E-state index in [0.717, 1.165) is 12.1 Å². The van der Waals surface area contributed by atoms with Crippen LogP contribution in [0.2, 0.25) is 0 Å². The Balaban J connectivity index is 2.63. The van der Waals surface area contributed by atoms with Crippen molar-refractivity contribution in [2.24, 2.45) is 15.6 Å². The van der Waals surface area contributed by atoms with Gasteiger partial charge in [0.15, 0.2) is 0 Å². The highest BCUT2D eigenvalue weighted by Crippen LogP contribution is 2.31. The van der Waals surface area contributed by atoms with E-state index >= 15 is 0 Å². The Kier molecular flexibility index (Phi) is 1.63. The molecule has 2 heteroatoms. The maximum atomic E-state index is 4.11. The molecule has 0 spiro atoms. The summed E-state index contributed by atoms with van der Waals surface area (Å²) in [4.78, 5) is 0. The van der Waals surface area contributed by atoms with Gasteiger partial charge in [-0.1, -0.05) is 27.4 Å². The van der Waals surface area contributed by atoms with Crippen LogP contribution in [0.3, 0.4) is 0 Å². The Morgan fingerprint density at radius 1 is 1.50 bits per heavy atom. The van der Waals surface area contributed by atoms with Gasteiger partial charge in [-0.25, -0.2) is 0 Å². The highest BCUT2D eigenvalue weighted by atomic mass is 15.2. The monoisotopic (exact) mass is 138 g/mol. The molecule has 1 rings (SSSR count). The Hall–Kier alpha value is -0.660. The van der Waals surface area contributed by atoms with Gasteiger partial charge in [-0.05, 0) is 5.41 Å². The van der Waals surface area contributed by atoms with Crippen molar-refractivity contribution >= 4 is 0 Å². The van der Waals surface area contributed by atoms with E-state index in [2.05, 4.69) is 37.6 Å². The number of hydrogen-bond donors (Lipinski definition) is 0. The van der Waals surface area contributed by atoms with Gasteiger partial charge in [0.25, 0.3) is 0 Å². The molecule has 0 aromatic carbocycles. The summed E-state index contributed by atoms with van der Waals surface area (Å²) in [5.41, 5.74) is 1.16. The first-order chi connectivity index (χ1) is 4.50. The number of rotatable bonds is 0. The Morgan fingerprint density at radius 3 is 2.30 bits per heavy atom. The van der Waals surface area contributed by atoms with Crippen LogP contribution in [-0.4, -0.2) is 6.04 Å². The fourth-order valence-electron chi connectivity index (χ4n) is 0.936. The molecule has 0 fully saturated rings. The normalized spacial score (nSPS) is 25.9. The van der Waals surface area contributed by atoms with Crippen molar-refractivity contribution in [1.82, 2.24) is 0 Å². The first-order valence-corrected chi connectivity index (χ1v) is 3.59. The molecule has 0 aromatic rings. The third-order valence-electron chi connectivity index (χ3n) is 1.77. The van der Waals surface area contributed by atoms with Gasteiger partial charge >= 0.3 is 0 Å². The SMILES string of the molecule is C=C1CC(C(C)(C)C)N=N1. The van der Waals surface area contributed by atoms with Crippen molar-refractivity contribution < 1.29 is 0 Å². The van der Waals surface area contributed by atoms with Crippen LogP contribution in [0.5, 0.6) is 0 Å². The summed E-state index contributed by atoms with van der Waals surface area (Å²) < 4.78 is 0. The lowest BCUT2D eigenvalue weighted by atomic mass is 9.85. The van der Waals surface area contributed by atoms with E-state index in [9.17, 15) is 0 Å². The van der Waals surface area contributed by atoms with E-state index in [1.165, 1.54) is 0 Å². The second-order valence-corrected chi connectivity index (χ2v) is 3.87. The molecule has 0 radical (unpaired) electrons. The number of hydrogen-bond acceptors (Lipinski definition) is 2. The summed E-state index contributed by atoms with van der Waals surface area (Å²) in [5.74, 6) is 0. The van der Waals surface area contributed by atoms with Crippen molar-refractivity contribution in [2.45, 2.75) is 33.2 Å². The average molecular weight is 138 g/mol. The van der Waals surface area contributed by atoms with Gasteiger partial charge < -0.3 is 0 Å². The van der Waals surface area contributed by atoms with Crippen LogP contribution in [0.25, 0.3) is 0 Å². The molecule has 1 heterocycles. The molecule has 1 aliphatic rings. The van der Waals surface area contributed by atoms with Crippen molar-refractivity contribution in [1.29, 1.82) is 0 Å². The highest BCUT2D eigenvalue weighted by molar-refractivity contribution is 5.02. The lowest BCUT2D eigenvalue weighted by Crippen LogP contribution is -2.21. The molecule has 1 aliphatic heterocycles. The van der Waals surface area contributed by atoms with E-state index in [4.69, 9.17) is 0 Å². The maximum Gasteiger partial charge on any atom is 0.0816 e. The minimum absolute atomic E-state index is 0.239. The van der Waals surface area contributed by atoms with Gasteiger partial charge in [0, 0.05) is 6.42 Å². The van der Waals surface area contributed by atoms with Crippen LogP contribution >= 0.6 is 0 Å². The highest BCUT2D eigenvalue weighted by Gasteiger charge is 2.28. The maximum absolute atomic E-state index is 4.11. The van der Waals surface area contributed by atoms with E-state index < -0.39 is 0 Å².